The molecule has 0 bridgehead atoms. The van der Waals surface area contributed by atoms with Gasteiger partial charge in [0.05, 0.1) is 6.10 Å². The lowest BCUT2D eigenvalue weighted by atomic mass is 10.0. The van der Waals surface area contributed by atoms with Gasteiger partial charge in [-0.1, -0.05) is 56.3 Å². The van der Waals surface area contributed by atoms with Crippen molar-refractivity contribution in [1.29, 1.82) is 0 Å². The summed E-state index contributed by atoms with van der Waals surface area (Å²) in [7, 11) is 1.43. The number of carbonyl (C=O) groups is 3. The number of benzene rings is 2. The molecule has 0 aliphatic carbocycles. The Morgan fingerprint density at radius 3 is 2.44 bits per heavy atom. The number of likely N-dealkylation sites (tertiary alicyclic amines) is 1. The summed E-state index contributed by atoms with van der Waals surface area (Å²) in [5, 5.41) is 21.8. The average Bonchev–Trinajstić information content (AvgIpc) is 3.32. The molecule has 0 radical (unpaired) electrons. The number of carbonyl (C=O) groups excluding carboxylic acids is 3. The Morgan fingerprint density at radius 1 is 1.10 bits per heavy atom. The maximum atomic E-state index is 13.5. The minimum absolute atomic E-state index is 0. The van der Waals surface area contributed by atoms with E-state index in [1.165, 1.54) is 12.0 Å². The van der Waals surface area contributed by atoms with Crippen LogP contribution in [0.1, 0.15) is 53.0 Å². The molecule has 2 aromatic rings. The fourth-order valence-electron chi connectivity index (χ4n) is 4.87. The summed E-state index contributed by atoms with van der Waals surface area (Å²) in [5.41, 5.74) is -0.240. The van der Waals surface area contributed by atoms with E-state index in [4.69, 9.17) is 4.74 Å². The zero-order valence-electron chi connectivity index (χ0n) is 25.1. The molecule has 3 rings (SSSR count). The number of methoxy groups -OCH3 is 1. The van der Waals surface area contributed by atoms with Gasteiger partial charge < -0.3 is 30.7 Å². The van der Waals surface area contributed by atoms with Crippen molar-refractivity contribution in [2.24, 2.45) is 5.92 Å². The van der Waals surface area contributed by atoms with Gasteiger partial charge >= 0.3 is 0 Å². The van der Waals surface area contributed by atoms with E-state index >= 15 is 0 Å². The molecule has 1 fully saturated rings. The highest BCUT2D eigenvalue weighted by Gasteiger charge is 2.44. The van der Waals surface area contributed by atoms with Crippen LogP contribution in [0.4, 0.5) is 0 Å². The number of fused-ring (bicyclic) bond motifs is 1. The van der Waals surface area contributed by atoms with E-state index in [0.29, 0.717) is 12.5 Å². The molecule has 3 amide bonds. The highest BCUT2D eigenvalue weighted by Crippen LogP contribution is 2.24. The third-order valence-electron chi connectivity index (χ3n) is 7.51. The van der Waals surface area contributed by atoms with Crippen LogP contribution >= 0.6 is 12.4 Å². The first-order valence-electron chi connectivity index (χ1n) is 14.2. The number of nitrogens with one attached hydrogen (secondary N) is 3. The predicted octanol–water partition coefficient (Wildman–Crippen LogP) is 2.82. The zero-order chi connectivity index (χ0) is 29.4. The summed E-state index contributed by atoms with van der Waals surface area (Å²) in [6.07, 6.45) is 0.301. The maximum Gasteiger partial charge on any atom is 0.254 e. The van der Waals surface area contributed by atoms with Gasteiger partial charge in [-0.05, 0) is 56.0 Å². The molecule has 9 nitrogen and oxygen atoms in total. The summed E-state index contributed by atoms with van der Waals surface area (Å²) in [4.78, 5) is 41.4. The fraction of sp³-hybridized carbons (Fsp3) is 0.581. The SMILES string of the molecule is COC(C)(C)C(=O)N1C[C@H](O)CC1C(=O)N[C@H](Cc1ccc2ccccc2c1)C(=O)NCCC(C)NCC(C)C.Cl. The monoisotopic (exact) mass is 590 g/mol. The molecular weight excluding hydrogens is 544 g/mol. The van der Waals surface area contributed by atoms with Crippen molar-refractivity contribution in [1.82, 2.24) is 20.9 Å². The summed E-state index contributed by atoms with van der Waals surface area (Å²) < 4.78 is 5.33. The largest absolute Gasteiger partial charge is 0.391 e. The molecule has 0 saturated carbocycles. The van der Waals surface area contributed by atoms with Crippen LogP contribution in [0.5, 0.6) is 0 Å². The number of hydrogen-bond donors (Lipinski definition) is 4. The van der Waals surface area contributed by atoms with Gasteiger partial charge in [0.25, 0.3) is 5.91 Å². The quantitative estimate of drug-likeness (QED) is 0.285. The second kappa shape index (κ2) is 15.5. The van der Waals surface area contributed by atoms with Crippen molar-refractivity contribution >= 4 is 40.9 Å². The number of rotatable bonds is 13. The number of amides is 3. The molecule has 41 heavy (non-hydrogen) atoms. The van der Waals surface area contributed by atoms with E-state index < -0.39 is 29.7 Å². The lowest BCUT2D eigenvalue weighted by molar-refractivity contribution is -0.154. The predicted molar refractivity (Wildman–Crippen MR) is 164 cm³/mol. The van der Waals surface area contributed by atoms with E-state index in [-0.39, 0.29) is 49.6 Å². The number of halogens is 1. The molecule has 1 saturated heterocycles. The molecule has 1 aliphatic heterocycles. The maximum absolute atomic E-state index is 13.5. The highest BCUT2D eigenvalue weighted by atomic mass is 35.5. The van der Waals surface area contributed by atoms with Crippen LogP contribution in [-0.2, 0) is 25.5 Å². The second-order valence-corrected chi connectivity index (χ2v) is 11.8. The van der Waals surface area contributed by atoms with E-state index in [1.807, 2.05) is 42.5 Å². The molecule has 0 aromatic heterocycles. The van der Waals surface area contributed by atoms with Crippen molar-refractivity contribution in [2.75, 3.05) is 26.7 Å². The van der Waals surface area contributed by atoms with E-state index in [1.54, 1.807) is 13.8 Å². The normalized spacial score (nSPS) is 18.6. The molecule has 2 unspecified atom stereocenters. The molecule has 2 aromatic carbocycles. The molecular formula is C31H47ClN4O5. The van der Waals surface area contributed by atoms with Crippen molar-refractivity contribution in [3.8, 4) is 0 Å². The van der Waals surface area contributed by atoms with Gasteiger partial charge in [-0.2, -0.15) is 0 Å². The van der Waals surface area contributed by atoms with Crippen molar-refractivity contribution in [3.63, 3.8) is 0 Å². The van der Waals surface area contributed by atoms with Crippen LogP contribution in [0.25, 0.3) is 10.8 Å². The number of aliphatic hydroxyl groups excluding tert-OH is 1. The minimum atomic E-state index is -1.15. The summed E-state index contributed by atoms with van der Waals surface area (Å²) in [6.45, 7) is 11.0. The van der Waals surface area contributed by atoms with Gasteiger partial charge in [0, 0.05) is 39.1 Å². The van der Waals surface area contributed by atoms with Crippen LogP contribution in [0, 0.1) is 5.92 Å². The topological polar surface area (TPSA) is 120 Å². The Morgan fingerprint density at radius 2 is 1.78 bits per heavy atom. The Balaban J connectivity index is 0.00000588. The smallest absolute Gasteiger partial charge is 0.254 e. The van der Waals surface area contributed by atoms with Crippen LogP contribution in [0.3, 0.4) is 0 Å². The number of hydrogen-bond acceptors (Lipinski definition) is 6. The van der Waals surface area contributed by atoms with E-state index in [0.717, 1.165) is 29.3 Å². The Bertz CT molecular complexity index is 1170. The number of nitrogens with zero attached hydrogens (tertiary/aromatic N) is 1. The average molecular weight is 591 g/mol. The zero-order valence-corrected chi connectivity index (χ0v) is 25.9. The standard InChI is InChI=1S/C31H46N4O5.ClH/c1-20(2)18-33-21(3)13-14-32-28(37)26(16-22-11-12-23-9-7-8-10-24(23)15-22)34-29(38)27-17-25(36)19-35(27)30(39)31(4,5)40-6;/h7-12,15,20-21,25-27,33,36H,13-14,16-19H2,1-6H3,(H,32,37)(H,34,38);1H/t21?,25-,26-,27?;/m1./s1. The van der Waals surface area contributed by atoms with Crippen LogP contribution < -0.4 is 16.0 Å². The molecule has 10 heteroatoms. The first-order valence-corrected chi connectivity index (χ1v) is 14.2. The number of β-amino-alcohol motifs (C(OH)–C–C–N with tert-alkyl or cyclic N) is 1. The first kappa shape index (κ1) is 34.5. The summed E-state index contributed by atoms with van der Waals surface area (Å²) in [5.74, 6) is -0.602. The molecule has 4 atom stereocenters. The molecule has 228 valence electrons. The van der Waals surface area contributed by atoms with Crippen molar-refractivity contribution < 1.29 is 24.2 Å². The lowest BCUT2D eigenvalue weighted by Crippen LogP contribution is -2.56. The molecule has 4 N–H and O–H groups in total. The van der Waals surface area contributed by atoms with E-state index in [9.17, 15) is 19.5 Å². The van der Waals surface area contributed by atoms with Gasteiger partial charge in [0.2, 0.25) is 11.8 Å². The molecule has 1 aliphatic rings. The Kier molecular flexibility index (Phi) is 13.0. The van der Waals surface area contributed by atoms with Crippen LogP contribution in [-0.4, -0.2) is 84.3 Å². The lowest BCUT2D eigenvalue weighted by Gasteiger charge is -2.32. The van der Waals surface area contributed by atoms with Gasteiger partial charge in [-0.15, -0.1) is 12.4 Å². The van der Waals surface area contributed by atoms with Gasteiger partial charge in [0.1, 0.15) is 17.7 Å². The molecule has 1 heterocycles. The van der Waals surface area contributed by atoms with Gasteiger partial charge in [-0.3, -0.25) is 14.4 Å². The van der Waals surface area contributed by atoms with Gasteiger partial charge in [0.15, 0.2) is 0 Å². The van der Waals surface area contributed by atoms with E-state index in [2.05, 4.69) is 36.7 Å². The molecule has 0 spiro atoms. The van der Waals surface area contributed by atoms with Crippen molar-refractivity contribution in [2.45, 2.75) is 83.7 Å². The Hall–Kier alpha value is -2.72. The fourth-order valence-corrected chi connectivity index (χ4v) is 4.87. The number of aliphatic hydroxyl groups is 1. The first-order chi connectivity index (χ1) is 18.9. The number of ether oxygens (including phenoxy) is 1. The second-order valence-electron chi connectivity index (χ2n) is 11.8. The van der Waals surface area contributed by atoms with Crippen molar-refractivity contribution in [3.05, 3.63) is 48.0 Å². The third-order valence-corrected chi connectivity index (χ3v) is 7.51. The minimum Gasteiger partial charge on any atom is -0.391 e. The summed E-state index contributed by atoms with van der Waals surface area (Å²) >= 11 is 0. The third kappa shape index (κ3) is 9.67. The van der Waals surface area contributed by atoms with Crippen LogP contribution in [0.15, 0.2) is 42.5 Å². The van der Waals surface area contributed by atoms with Gasteiger partial charge in [-0.25, -0.2) is 0 Å². The van der Waals surface area contributed by atoms with Crippen LogP contribution in [0.2, 0.25) is 0 Å². The Labute approximate surface area is 250 Å². The highest BCUT2D eigenvalue weighted by molar-refractivity contribution is 5.94. The summed E-state index contributed by atoms with van der Waals surface area (Å²) in [6, 6.07) is 12.5.